The smallest absolute Gasteiger partial charge is 0.134 e. The molecule has 6 heteroatoms. The van der Waals surface area contributed by atoms with E-state index >= 15 is 0 Å². The highest BCUT2D eigenvalue weighted by atomic mass is 35.5. The molecule has 1 aliphatic heterocycles. The Morgan fingerprint density at radius 2 is 1.63 bits per heavy atom. The molecule has 1 fully saturated rings. The van der Waals surface area contributed by atoms with Crippen LogP contribution in [0.5, 0.6) is 0 Å². The molecule has 4 nitrogen and oxygen atoms in total. The first kappa shape index (κ1) is 18.2. The highest BCUT2D eigenvalue weighted by Gasteiger charge is 2.15. The maximum Gasteiger partial charge on any atom is 0.134 e. The van der Waals surface area contributed by atoms with Gasteiger partial charge in [-0.2, -0.15) is 0 Å². The zero-order valence-corrected chi connectivity index (χ0v) is 16.3. The average molecular weight is 403 g/mol. The Hall–Kier alpha value is -2.14. The molecule has 1 N–H and O–H groups in total. The van der Waals surface area contributed by atoms with Crippen molar-refractivity contribution in [2.75, 3.05) is 36.5 Å². The molecule has 0 bridgehead atoms. The molecule has 0 saturated carbocycles. The highest BCUT2D eigenvalue weighted by molar-refractivity contribution is 6.31. The van der Waals surface area contributed by atoms with Crippen LogP contribution < -0.4 is 10.2 Å². The number of hydrogen-bond acceptors (Lipinski definition) is 4. The molecule has 3 aromatic rings. The van der Waals surface area contributed by atoms with Crippen LogP contribution in [0.2, 0.25) is 10.0 Å². The topological polar surface area (TPSA) is 37.6 Å². The van der Waals surface area contributed by atoms with Gasteiger partial charge in [-0.1, -0.05) is 23.2 Å². The molecule has 4 rings (SSSR count). The van der Waals surface area contributed by atoms with Crippen molar-refractivity contribution >= 4 is 34.6 Å². The molecule has 2 aromatic carbocycles. The maximum absolute atomic E-state index is 6.22. The van der Waals surface area contributed by atoms with Gasteiger partial charge in [-0.05, 0) is 54.6 Å². The minimum Gasteiger partial charge on any atom is -0.459 e. The van der Waals surface area contributed by atoms with E-state index in [-0.39, 0.29) is 0 Å². The summed E-state index contributed by atoms with van der Waals surface area (Å²) in [6, 6.07) is 17.5. The third kappa shape index (κ3) is 4.41. The predicted octanol–water partition coefficient (Wildman–Crippen LogP) is 5.70. The number of furan rings is 1. The van der Waals surface area contributed by atoms with Crippen LogP contribution in [0.3, 0.4) is 0 Å². The summed E-state index contributed by atoms with van der Waals surface area (Å²) < 4.78 is 11.4. The first-order chi connectivity index (χ1) is 13.2. The summed E-state index contributed by atoms with van der Waals surface area (Å²) in [7, 11) is 0. The zero-order valence-electron chi connectivity index (χ0n) is 14.8. The average Bonchev–Trinajstić information content (AvgIpc) is 3.17. The van der Waals surface area contributed by atoms with E-state index in [4.69, 9.17) is 32.4 Å². The number of ether oxygens (including phenoxy) is 1. The van der Waals surface area contributed by atoms with Gasteiger partial charge in [0.15, 0.2) is 0 Å². The van der Waals surface area contributed by atoms with Gasteiger partial charge in [0.2, 0.25) is 0 Å². The van der Waals surface area contributed by atoms with Gasteiger partial charge < -0.3 is 19.4 Å². The highest BCUT2D eigenvalue weighted by Crippen LogP contribution is 2.31. The van der Waals surface area contributed by atoms with E-state index in [1.54, 1.807) is 0 Å². The van der Waals surface area contributed by atoms with Crippen LogP contribution in [0.4, 0.5) is 11.4 Å². The zero-order chi connectivity index (χ0) is 18.6. The van der Waals surface area contributed by atoms with Gasteiger partial charge >= 0.3 is 0 Å². The number of halogens is 2. The molecule has 27 heavy (non-hydrogen) atoms. The normalized spacial score (nSPS) is 14.4. The summed E-state index contributed by atoms with van der Waals surface area (Å²) in [4.78, 5) is 2.31. The van der Waals surface area contributed by atoms with Crippen molar-refractivity contribution in [3.63, 3.8) is 0 Å². The molecule has 0 radical (unpaired) electrons. The van der Waals surface area contributed by atoms with Crippen molar-refractivity contribution in [3.05, 3.63) is 70.4 Å². The lowest BCUT2D eigenvalue weighted by molar-refractivity contribution is 0.123. The van der Waals surface area contributed by atoms with Gasteiger partial charge in [0, 0.05) is 28.7 Å². The Morgan fingerprint density at radius 3 is 2.41 bits per heavy atom. The predicted molar refractivity (Wildman–Crippen MR) is 111 cm³/mol. The third-order valence-corrected chi connectivity index (χ3v) is 5.04. The largest absolute Gasteiger partial charge is 0.459 e. The third-order valence-electron chi connectivity index (χ3n) is 4.55. The van der Waals surface area contributed by atoms with Gasteiger partial charge in [-0.3, -0.25) is 0 Å². The van der Waals surface area contributed by atoms with Gasteiger partial charge in [0.05, 0.1) is 31.1 Å². The van der Waals surface area contributed by atoms with Gasteiger partial charge in [-0.15, -0.1) is 0 Å². The number of hydrogen-bond donors (Lipinski definition) is 1. The fourth-order valence-corrected chi connectivity index (χ4v) is 3.45. The van der Waals surface area contributed by atoms with Crippen LogP contribution in [0.1, 0.15) is 5.76 Å². The van der Waals surface area contributed by atoms with E-state index in [0.29, 0.717) is 16.6 Å². The minimum absolute atomic E-state index is 0.575. The molecule has 0 atom stereocenters. The summed E-state index contributed by atoms with van der Waals surface area (Å²) in [6.45, 7) is 3.80. The summed E-state index contributed by atoms with van der Waals surface area (Å²) >= 11 is 12.2. The Balaban J connectivity index is 1.49. The van der Waals surface area contributed by atoms with Crippen LogP contribution in [0.15, 0.2) is 59.0 Å². The second-order valence-electron chi connectivity index (χ2n) is 6.39. The van der Waals surface area contributed by atoms with Crippen molar-refractivity contribution in [3.8, 4) is 11.3 Å². The lowest BCUT2D eigenvalue weighted by atomic mass is 10.2. The van der Waals surface area contributed by atoms with Crippen molar-refractivity contribution in [1.82, 2.24) is 0 Å². The fourth-order valence-electron chi connectivity index (χ4n) is 3.15. The molecule has 0 unspecified atom stereocenters. The van der Waals surface area contributed by atoms with Crippen LogP contribution in [0, 0.1) is 0 Å². The fraction of sp³-hybridized carbons (Fsp3) is 0.238. The van der Waals surface area contributed by atoms with Crippen molar-refractivity contribution in [2.24, 2.45) is 0 Å². The Bertz CT molecular complexity index is 903. The molecular formula is C21H20Cl2N2O2. The van der Waals surface area contributed by atoms with Crippen molar-refractivity contribution in [2.45, 2.75) is 6.54 Å². The molecule has 1 aliphatic rings. The summed E-state index contributed by atoms with van der Waals surface area (Å²) in [5.41, 5.74) is 3.13. The molecule has 1 aromatic heterocycles. The Kier molecular flexibility index (Phi) is 5.58. The van der Waals surface area contributed by atoms with E-state index in [1.807, 2.05) is 48.5 Å². The maximum atomic E-state index is 6.22. The number of benzene rings is 2. The summed E-state index contributed by atoms with van der Waals surface area (Å²) in [6.07, 6.45) is 0. The van der Waals surface area contributed by atoms with E-state index < -0.39 is 0 Å². The molecule has 0 amide bonds. The van der Waals surface area contributed by atoms with Crippen LogP contribution >= 0.6 is 23.2 Å². The Labute approximate surface area is 168 Å². The van der Waals surface area contributed by atoms with Gasteiger partial charge in [-0.25, -0.2) is 0 Å². The second kappa shape index (κ2) is 8.26. The minimum atomic E-state index is 0.575. The van der Waals surface area contributed by atoms with E-state index in [1.165, 1.54) is 0 Å². The number of anilines is 2. The Morgan fingerprint density at radius 1 is 0.889 bits per heavy atom. The quantitative estimate of drug-likeness (QED) is 0.593. The number of rotatable bonds is 5. The van der Waals surface area contributed by atoms with Gasteiger partial charge in [0.1, 0.15) is 11.5 Å². The van der Waals surface area contributed by atoms with Gasteiger partial charge in [0.25, 0.3) is 0 Å². The molecule has 2 heterocycles. The first-order valence-electron chi connectivity index (χ1n) is 8.90. The SMILES string of the molecule is Clc1ccc(-c2ccc(CNc3cc(Cl)ccc3N3CCOCC3)o2)cc1. The molecule has 140 valence electrons. The number of nitrogens with zero attached hydrogens (tertiary/aromatic N) is 1. The van der Waals surface area contributed by atoms with Crippen molar-refractivity contribution in [1.29, 1.82) is 0 Å². The van der Waals surface area contributed by atoms with E-state index in [9.17, 15) is 0 Å². The number of morpholine rings is 1. The van der Waals surface area contributed by atoms with Crippen LogP contribution in [-0.2, 0) is 11.3 Å². The standard InChI is InChI=1S/C21H20Cl2N2O2/c22-16-3-1-15(2-4-16)21-8-6-18(27-21)14-24-19-13-17(23)5-7-20(19)25-9-11-26-12-10-25/h1-8,13,24H,9-12,14H2. The summed E-state index contributed by atoms with van der Waals surface area (Å²) in [5.74, 6) is 1.68. The van der Waals surface area contributed by atoms with E-state index in [2.05, 4.69) is 16.3 Å². The molecular weight excluding hydrogens is 383 g/mol. The number of nitrogens with one attached hydrogen (secondary N) is 1. The van der Waals surface area contributed by atoms with Crippen LogP contribution in [0.25, 0.3) is 11.3 Å². The summed E-state index contributed by atoms with van der Waals surface area (Å²) in [5, 5.41) is 4.88. The second-order valence-corrected chi connectivity index (χ2v) is 7.26. The van der Waals surface area contributed by atoms with Crippen molar-refractivity contribution < 1.29 is 9.15 Å². The monoisotopic (exact) mass is 402 g/mol. The molecule has 1 saturated heterocycles. The molecule has 0 aliphatic carbocycles. The van der Waals surface area contributed by atoms with E-state index in [0.717, 1.165) is 54.8 Å². The first-order valence-corrected chi connectivity index (χ1v) is 9.65. The van der Waals surface area contributed by atoms with Crippen LogP contribution in [-0.4, -0.2) is 26.3 Å². The molecule has 0 spiro atoms. The lowest BCUT2D eigenvalue weighted by Gasteiger charge is -2.30. The lowest BCUT2D eigenvalue weighted by Crippen LogP contribution is -2.36.